The third kappa shape index (κ3) is 2.61. The van der Waals surface area contributed by atoms with Gasteiger partial charge in [-0.3, -0.25) is 4.79 Å². The number of hydrogen-bond donors (Lipinski definition) is 2. The van der Waals surface area contributed by atoms with Crippen LogP contribution in [0.25, 0.3) is 0 Å². The van der Waals surface area contributed by atoms with Gasteiger partial charge in [-0.2, -0.15) is 11.3 Å². The summed E-state index contributed by atoms with van der Waals surface area (Å²) in [6.45, 7) is 0.507. The zero-order chi connectivity index (χ0) is 11.5. The summed E-state index contributed by atoms with van der Waals surface area (Å²) in [5, 5.41) is 22.7. The van der Waals surface area contributed by atoms with Crippen LogP contribution in [0.5, 0.6) is 0 Å². The number of thiophene rings is 1. The molecule has 1 aliphatic rings. The first-order chi connectivity index (χ1) is 7.66. The third-order valence-corrected chi connectivity index (χ3v) is 3.55. The Balaban J connectivity index is 1.80. The fourth-order valence-corrected chi connectivity index (χ4v) is 2.52. The number of hydrogen-bond acceptors (Lipinski definition) is 4. The Morgan fingerprint density at radius 3 is 2.69 bits per heavy atom. The Morgan fingerprint density at radius 1 is 1.44 bits per heavy atom. The van der Waals surface area contributed by atoms with Crippen LogP contribution in [0.3, 0.4) is 0 Å². The molecule has 2 N–H and O–H groups in total. The van der Waals surface area contributed by atoms with Crippen LogP contribution < -0.4 is 0 Å². The average molecular weight is 241 g/mol. The highest BCUT2D eigenvalue weighted by Crippen LogP contribution is 2.14. The van der Waals surface area contributed by atoms with Gasteiger partial charge in [0, 0.05) is 19.5 Å². The van der Waals surface area contributed by atoms with Crippen molar-refractivity contribution in [2.24, 2.45) is 0 Å². The number of aryl methyl sites for hydroxylation is 1. The van der Waals surface area contributed by atoms with Gasteiger partial charge >= 0.3 is 0 Å². The lowest BCUT2D eigenvalue weighted by molar-refractivity contribution is -0.130. The molecule has 1 aromatic rings. The molecule has 1 aliphatic heterocycles. The first kappa shape index (κ1) is 11.6. The SMILES string of the molecule is O=C(CCc1ccsc1)N1C[C@H](O)[C@@H](O)C1. The minimum Gasteiger partial charge on any atom is -0.388 e. The molecule has 0 aromatic carbocycles. The van der Waals surface area contributed by atoms with Gasteiger partial charge in [-0.15, -0.1) is 0 Å². The first-order valence-electron chi connectivity index (χ1n) is 5.32. The molecular weight excluding hydrogens is 226 g/mol. The number of carbonyl (C=O) groups is 1. The zero-order valence-corrected chi connectivity index (χ0v) is 9.69. The van der Waals surface area contributed by atoms with Gasteiger partial charge < -0.3 is 15.1 Å². The predicted molar refractivity (Wildman–Crippen MR) is 61.2 cm³/mol. The summed E-state index contributed by atoms with van der Waals surface area (Å²) in [4.78, 5) is 13.3. The standard InChI is InChI=1S/C11H15NO3S/c13-9-5-12(6-10(9)14)11(15)2-1-8-3-4-16-7-8/h3-4,7,9-10,13-14H,1-2,5-6H2/t9-,10-/m0/s1. The highest BCUT2D eigenvalue weighted by Gasteiger charge is 2.31. The molecule has 1 aromatic heterocycles. The van der Waals surface area contributed by atoms with Gasteiger partial charge in [0.25, 0.3) is 0 Å². The monoisotopic (exact) mass is 241 g/mol. The van der Waals surface area contributed by atoms with E-state index in [0.29, 0.717) is 6.42 Å². The minimum atomic E-state index is -0.787. The number of amides is 1. The van der Waals surface area contributed by atoms with Gasteiger partial charge in [0.1, 0.15) is 0 Å². The van der Waals surface area contributed by atoms with Crippen LogP contribution in [0.1, 0.15) is 12.0 Å². The van der Waals surface area contributed by atoms with E-state index in [-0.39, 0.29) is 19.0 Å². The Labute approximate surface area is 98.1 Å². The van der Waals surface area contributed by atoms with Crippen molar-refractivity contribution in [2.45, 2.75) is 25.0 Å². The highest BCUT2D eigenvalue weighted by atomic mass is 32.1. The summed E-state index contributed by atoms with van der Waals surface area (Å²) in [6, 6.07) is 2.01. The van der Waals surface area contributed by atoms with Crippen molar-refractivity contribution >= 4 is 17.2 Å². The minimum absolute atomic E-state index is 0.00167. The average Bonchev–Trinajstić information content (AvgIpc) is 2.86. The molecule has 88 valence electrons. The molecular formula is C11H15NO3S. The van der Waals surface area contributed by atoms with E-state index in [4.69, 9.17) is 0 Å². The first-order valence-corrected chi connectivity index (χ1v) is 6.26. The molecule has 0 radical (unpaired) electrons. The molecule has 0 saturated carbocycles. The van der Waals surface area contributed by atoms with Gasteiger partial charge in [-0.1, -0.05) is 0 Å². The van der Waals surface area contributed by atoms with E-state index < -0.39 is 12.2 Å². The van der Waals surface area contributed by atoms with E-state index in [1.165, 1.54) is 10.5 Å². The van der Waals surface area contributed by atoms with Crippen molar-refractivity contribution in [2.75, 3.05) is 13.1 Å². The highest BCUT2D eigenvalue weighted by molar-refractivity contribution is 7.07. The van der Waals surface area contributed by atoms with Crippen LogP contribution in [-0.2, 0) is 11.2 Å². The predicted octanol–water partition coefficient (Wildman–Crippen LogP) is 0.245. The molecule has 4 nitrogen and oxygen atoms in total. The van der Waals surface area contributed by atoms with E-state index in [1.807, 2.05) is 16.8 Å². The Hall–Kier alpha value is -0.910. The van der Waals surface area contributed by atoms with Crippen molar-refractivity contribution in [3.05, 3.63) is 22.4 Å². The van der Waals surface area contributed by atoms with Gasteiger partial charge in [-0.05, 0) is 28.8 Å². The third-order valence-electron chi connectivity index (χ3n) is 2.82. The van der Waals surface area contributed by atoms with E-state index in [2.05, 4.69) is 0 Å². The number of rotatable bonds is 3. The molecule has 2 rings (SSSR count). The van der Waals surface area contributed by atoms with Crippen LogP contribution >= 0.6 is 11.3 Å². The fourth-order valence-electron chi connectivity index (χ4n) is 1.82. The smallest absolute Gasteiger partial charge is 0.223 e. The van der Waals surface area contributed by atoms with Crippen molar-refractivity contribution in [3.8, 4) is 0 Å². The number of carbonyl (C=O) groups excluding carboxylic acids is 1. The summed E-state index contributed by atoms with van der Waals surface area (Å²) in [5.41, 5.74) is 1.17. The van der Waals surface area contributed by atoms with E-state index in [0.717, 1.165) is 6.42 Å². The molecule has 16 heavy (non-hydrogen) atoms. The zero-order valence-electron chi connectivity index (χ0n) is 8.87. The van der Waals surface area contributed by atoms with Gasteiger partial charge in [0.15, 0.2) is 0 Å². The maximum Gasteiger partial charge on any atom is 0.223 e. The van der Waals surface area contributed by atoms with Crippen LogP contribution in [0, 0.1) is 0 Å². The van der Waals surface area contributed by atoms with E-state index in [1.54, 1.807) is 11.3 Å². The molecule has 5 heteroatoms. The summed E-state index contributed by atoms with van der Waals surface area (Å²) in [5.74, 6) is 0.00167. The van der Waals surface area contributed by atoms with Crippen LogP contribution in [-0.4, -0.2) is 46.3 Å². The largest absolute Gasteiger partial charge is 0.388 e. The number of likely N-dealkylation sites (tertiary alicyclic amines) is 1. The lowest BCUT2D eigenvalue weighted by Gasteiger charge is -2.14. The lowest BCUT2D eigenvalue weighted by Crippen LogP contribution is -2.29. The second-order valence-corrected chi connectivity index (χ2v) is 4.85. The van der Waals surface area contributed by atoms with Crippen molar-refractivity contribution in [1.29, 1.82) is 0 Å². The molecule has 1 saturated heterocycles. The van der Waals surface area contributed by atoms with Crippen LogP contribution in [0.15, 0.2) is 16.8 Å². The molecule has 1 amide bonds. The summed E-state index contributed by atoms with van der Waals surface area (Å²) in [6.07, 6.45) is -0.406. The maximum absolute atomic E-state index is 11.7. The van der Waals surface area contributed by atoms with Gasteiger partial charge in [0.05, 0.1) is 12.2 Å². The molecule has 2 atom stereocenters. The molecule has 0 bridgehead atoms. The number of nitrogens with zero attached hydrogens (tertiary/aromatic N) is 1. The normalized spacial score (nSPS) is 25.0. The number of aliphatic hydroxyl groups is 2. The van der Waals surface area contributed by atoms with Gasteiger partial charge in [-0.25, -0.2) is 0 Å². The van der Waals surface area contributed by atoms with E-state index >= 15 is 0 Å². The Bertz CT molecular complexity index is 342. The number of aliphatic hydroxyl groups excluding tert-OH is 2. The quantitative estimate of drug-likeness (QED) is 0.797. The topological polar surface area (TPSA) is 60.8 Å². The molecule has 0 aliphatic carbocycles. The molecule has 2 heterocycles. The summed E-state index contributed by atoms with van der Waals surface area (Å²) < 4.78 is 0. The fraction of sp³-hybridized carbons (Fsp3) is 0.545. The second-order valence-electron chi connectivity index (χ2n) is 4.07. The Morgan fingerprint density at radius 2 is 2.12 bits per heavy atom. The summed E-state index contributed by atoms with van der Waals surface area (Å²) >= 11 is 1.62. The van der Waals surface area contributed by atoms with Crippen molar-refractivity contribution in [1.82, 2.24) is 4.90 Å². The van der Waals surface area contributed by atoms with Crippen LogP contribution in [0.4, 0.5) is 0 Å². The number of β-amino-alcohol motifs (C(OH)–C–C–N with tert-alkyl or cyclic N) is 2. The maximum atomic E-state index is 11.7. The lowest BCUT2D eigenvalue weighted by atomic mass is 10.2. The second kappa shape index (κ2) is 4.95. The molecule has 0 spiro atoms. The molecule has 1 fully saturated rings. The van der Waals surface area contributed by atoms with Crippen LogP contribution in [0.2, 0.25) is 0 Å². The molecule has 0 unspecified atom stereocenters. The summed E-state index contributed by atoms with van der Waals surface area (Å²) in [7, 11) is 0. The van der Waals surface area contributed by atoms with E-state index in [9.17, 15) is 15.0 Å². The van der Waals surface area contributed by atoms with Crippen molar-refractivity contribution < 1.29 is 15.0 Å². The van der Waals surface area contributed by atoms with Gasteiger partial charge in [0.2, 0.25) is 5.91 Å². The Kier molecular flexibility index (Phi) is 3.58. The van der Waals surface area contributed by atoms with Crippen molar-refractivity contribution in [3.63, 3.8) is 0 Å².